The lowest BCUT2D eigenvalue weighted by Gasteiger charge is -2.13. The normalized spacial score (nSPS) is 17.8. The third kappa shape index (κ3) is 5.61. The fraction of sp³-hybridized carbons (Fsp3) is 1.00. The van der Waals surface area contributed by atoms with Gasteiger partial charge in [-0.3, -0.25) is 0 Å². The van der Waals surface area contributed by atoms with E-state index in [1.54, 1.807) is 0 Å². The first-order valence-electron chi connectivity index (χ1n) is 6.36. The molecule has 1 aliphatic rings. The number of hydrogen-bond acceptors (Lipinski definition) is 2. The van der Waals surface area contributed by atoms with E-state index in [1.165, 1.54) is 71.0 Å². The Labute approximate surface area is 88.8 Å². The average molecular weight is 198 g/mol. The van der Waals surface area contributed by atoms with Gasteiger partial charge >= 0.3 is 0 Å². The van der Waals surface area contributed by atoms with Gasteiger partial charge < -0.3 is 10.6 Å². The Kier molecular flexibility index (Phi) is 7.06. The fourth-order valence-electron chi connectivity index (χ4n) is 2.19. The Morgan fingerprint density at radius 3 is 2.00 bits per heavy atom. The van der Waals surface area contributed by atoms with E-state index >= 15 is 0 Å². The Balaban J connectivity index is 1.75. The lowest BCUT2D eigenvalue weighted by atomic mass is 10.1. The smallest absolute Gasteiger partial charge is 0.00183 e. The second kappa shape index (κ2) is 8.25. The monoisotopic (exact) mass is 198 g/mol. The quantitative estimate of drug-likeness (QED) is 0.607. The lowest BCUT2D eigenvalue weighted by molar-refractivity contribution is 0.327. The van der Waals surface area contributed by atoms with Crippen molar-refractivity contribution in [1.82, 2.24) is 4.90 Å². The molecular weight excluding hydrogens is 172 g/mol. The summed E-state index contributed by atoms with van der Waals surface area (Å²) < 4.78 is 0. The van der Waals surface area contributed by atoms with Gasteiger partial charge in [-0.2, -0.15) is 0 Å². The van der Waals surface area contributed by atoms with Crippen molar-refractivity contribution in [3.8, 4) is 0 Å². The summed E-state index contributed by atoms with van der Waals surface area (Å²) in [4.78, 5) is 2.61. The van der Waals surface area contributed by atoms with Crippen molar-refractivity contribution in [1.29, 1.82) is 0 Å². The predicted molar refractivity (Wildman–Crippen MR) is 62.4 cm³/mol. The van der Waals surface area contributed by atoms with Crippen molar-refractivity contribution in [3.63, 3.8) is 0 Å². The molecule has 1 aliphatic heterocycles. The van der Waals surface area contributed by atoms with Gasteiger partial charge in [0.05, 0.1) is 0 Å². The van der Waals surface area contributed by atoms with Gasteiger partial charge in [-0.05, 0) is 51.9 Å². The third-order valence-electron chi connectivity index (χ3n) is 3.13. The van der Waals surface area contributed by atoms with E-state index in [-0.39, 0.29) is 0 Å². The number of nitrogens with zero attached hydrogens (tertiary/aromatic N) is 1. The predicted octanol–water partition coefficient (Wildman–Crippen LogP) is 2.38. The maximum atomic E-state index is 5.45. The van der Waals surface area contributed by atoms with Crippen LogP contribution in [0.15, 0.2) is 0 Å². The van der Waals surface area contributed by atoms with Gasteiger partial charge in [-0.15, -0.1) is 0 Å². The minimum atomic E-state index is 0.869. The minimum absolute atomic E-state index is 0.869. The second-order valence-electron chi connectivity index (χ2n) is 4.46. The van der Waals surface area contributed by atoms with Crippen LogP contribution in [-0.2, 0) is 0 Å². The Bertz CT molecular complexity index is 119. The molecule has 0 radical (unpaired) electrons. The molecule has 2 nitrogen and oxygen atoms in total. The van der Waals surface area contributed by atoms with Crippen LogP contribution in [0.25, 0.3) is 0 Å². The second-order valence-corrected chi connectivity index (χ2v) is 4.46. The van der Waals surface area contributed by atoms with Crippen molar-refractivity contribution in [2.75, 3.05) is 26.2 Å². The topological polar surface area (TPSA) is 29.3 Å². The molecule has 0 saturated carbocycles. The summed E-state index contributed by atoms with van der Waals surface area (Å²) in [7, 11) is 0. The standard InChI is InChI=1S/C12H26N2/c13-9-5-3-1-2-4-6-10-14-11-7-8-12-14/h1-13H2. The molecule has 0 unspecified atom stereocenters. The average Bonchev–Trinajstić information content (AvgIpc) is 2.69. The minimum Gasteiger partial charge on any atom is -0.330 e. The first kappa shape index (κ1) is 12.0. The first-order chi connectivity index (χ1) is 6.93. The molecule has 0 amide bonds. The van der Waals surface area contributed by atoms with Crippen molar-refractivity contribution >= 4 is 0 Å². The van der Waals surface area contributed by atoms with Crippen LogP contribution in [0.5, 0.6) is 0 Å². The van der Waals surface area contributed by atoms with Gasteiger partial charge in [0.2, 0.25) is 0 Å². The molecule has 0 aromatic rings. The summed E-state index contributed by atoms with van der Waals surface area (Å²) in [6.07, 6.45) is 11.0. The van der Waals surface area contributed by atoms with Crippen LogP contribution < -0.4 is 5.73 Å². The molecule has 2 N–H and O–H groups in total. The van der Waals surface area contributed by atoms with E-state index in [9.17, 15) is 0 Å². The summed E-state index contributed by atoms with van der Waals surface area (Å²) in [5.74, 6) is 0. The van der Waals surface area contributed by atoms with E-state index in [2.05, 4.69) is 4.90 Å². The van der Waals surface area contributed by atoms with Crippen LogP contribution in [0.2, 0.25) is 0 Å². The van der Waals surface area contributed by atoms with Crippen molar-refractivity contribution in [2.45, 2.75) is 51.4 Å². The highest BCUT2D eigenvalue weighted by molar-refractivity contribution is 4.65. The molecule has 2 heteroatoms. The number of rotatable bonds is 8. The summed E-state index contributed by atoms with van der Waals surface area (Å²) in [6, 6.07) is 0. The highest BCUT2D eigenvalue weighted by Crippen LogP contribution is 2.10. The lowest BCUT2D eigenvalue weighted by Crippen LogP contribution is -2.20. The summed E-state index contributed by atoms with van der Waals surface area (Å²) in [5.41, 5.74) is 5.45. The van der Waals surface area contributed by atoms with Crippen LogP contribution in [0, 0.1) is 0 Å². The molecule has 0 aromatic heterocycles. The first-order valence-corrected chi connectivity index (χ1v) is 6.36. The van der Waals surface area contributed by atoms with E-state index in [0.717, 1.165) is 6.54 Å². The number of likely N-dealkylation sites (tertiary alicyclic amines) is 1. The van der Waals surface area contributed by atoms with E-state index in [0.29, 0.717) is 0 Å². The highest BCUT2D eigenvalue weighted by Gasteiger charge is 2.09. The van der Waals surface area contributed by atoms with Crippen LogP contribution in [0.1, 0.15) is 51.4 Å². The molecule has 0 aromatic carbocycles. The zero-order valence-corrected chi connectivity index (χ0v) is 9.51. The molecular formula is C12H26N2. The maximum absolute atomic E-state index is 5.45. The van der Waals surface area contributed by atoms with Crippen molar-refractivity contribution < 1.29 is 0 Å². The molecule has 1 heterocycles. The Morgan fingerprint density at radius 1 is 0.786 bits per heavy atom. The Morgan fingerprint density at radius 2 is 1.36 bits per heavy atom. The molecule has 1 fully saturated rings. The van der Waals surface area contributed by atoms with Crippen LogP contribution >= 0.6 is 0 Å². The molecule has 14 heavy (non-hydrogen) atoms. The van der Waals surface area contributed by atoms with Gasteiger partial charge in [0.1, 0.15) is 0 Å². The largest absolute Gasteiger partial charge is 0.330 e. The van der Waals surface area contributed by atoms with Crippen molar-refractivity contribution in [2.24, 2.45) is 5.73 Å². The SMILES string of the molecule is NCCCCCCCCN1CCCC1. The molecule has 1 rings (SSSR count). The van der Waals surface area contributed by atoms with Gasteiger partial charge in [-0.1, -0.05) is 25.7 Å². The fourth-order valence-corrected chi connectivity index (χ4v) is 2.19. The van der Waals surface area contributed by atoms with E-state index < -0.39 is 0 Å². The van der Waals surface area contributed by atoms with Gasteiger partial charge in [0.15, 0.2) is 0 Å². The van der Waals surface area contributed by atoms with Crippen LogP contribution in [0.3, 0.4) is 0 Å². The summed E-state index contributed by atoms with van der Waals surface area (Å²) in [6.45, 7) is 4.92. The maximum Gasteiger partial charge on any atom is -0.00183 e. The Hall–Kier alpha value is -0.0800. The van der Waals surface area contributed by atoms with E-state index in [1.807, 2.05) is 0 Å². The van der Waals surface area contributed by atoms with Crippen LogP contribution in [0.4, 0.5) is 0 Å². The molecule has 1 saturated heterocycles. The van der Waals surface area contributed by atoms with Crippen molar-refractivity contribution in [3.05, 3.63) is 0 Å². The molecule has 0 bridgehead atoms. The molecule has 0 spiro atoms. The van der Waals surface area contributed by atoms with E-state index in [4.69, 9.17) is 5.73 Å². The van der Waals surface area contributed by atoms with Gasteiger partial charge in [0, 0.05) is 0 Å². The number of hydrogen-bond donors (Lipinski definition) is 1. The van der Waals surface area contributed by atoms with Gasteiger partial charge in [-0.25, -0.2) is 0 Å². The zero-order chi connectivity index (χ0) is 10.1. The molecule has 84 valence electrons. The summed E-state index contributed by atoms with van der Waals surface area (Å²) in [5, 5.41) is 0. The summed E-state index contributed by atoms with van der Waals surface area (Å²) >= 11 is 0. The number of unbranched alkanes of at least 4 members (excludes halogenated alkanes) is 5. The molecule has 0 atom stereocenters. The molecule has 0 aliphatic carbocycles. The number of nitrogens with two attached hydrogens (primary N) is 1. The van der Waals surface area contributed by atoms with Gasteiger partial charge in [0.25, 0.3) is 0 Å². The third-order valence-corrected chi connectivity index (χ3v) is 3.13. The van der Waals surface area contributed by atoms with Crippen LogP contribution in [-0.4, -0.2) is 31.1 Å². The zero-order valence-electron chi connectivity index (χ0n) is 9.51. The highest BCUT2D eigenvalue weighted by atomic mass is 15.1.